The van der Waals surface area contributed by atoms with Gasteiger partial charge in [0.2, 0.25) is 0 Å². The molecule has 0 amide bonds. The Hall–Kier alpha value is -0.800. The third kappa shape index (κ3) is 2.59. The van der Waals surface area contributed by atoms with Crippen LogP contribution < -0.4 is 5.32 Å². The summed E-state index contributed by atoms with van der Waals surface area (Å²) in [6.45, 7) is 4.77. The molecule has 3 nitrogen and oxygen atoms in total. The highest BCUT2D eigenvalue weighted by Gasteiger charge is 2.05. The molecule has 4 heteroatoms. The highest BCUT2D eigenvalue weighted by atomic mass is 35.5. The molecule has 0 aliphatic carbocycles. The fourth-order valence-corrected chi connectivity index (χ4v) is 1.39. The molecule has 0 aromatic carbocycles. The number of hydrogen-bond acceptors (Lipinski definition) is 3. The van der Waals surface area contributed by atoms with Gasteiger partial charge in [-0.2, -0.15) is 0 Å². The molecule has 1 rings (SSSR count). The Morgan fingerprint density at radius 2 is 2.29 bits per heavy atom. The van der Waals surface area contributed by atoms with Crippen LogP contribution in [-0.2, 0) is 6.61 Å². The second kappa shape index (κ2) is 5.17. The molecular weight excluding hydrogens is 200 g/mol. The normalized spacial score (nSPS) is 10.3. The van der Waals surface area contributed by atoms with Crippen molar-refractivity contribution in [1.29, 1.82) is 0 Å². The Morgan fingerprint density at radius 3 is 2.86 bits per heavy atom. The van der Waals surface area contributed by atoms with Gasteiger partial charge in [-0.05, 0) is 19.4 Å². The standard InChI is InChI=1S/C10H15ClN2O/c1-3-4-12-10-9(11)5-8(6-14)7(2)13-10/h5,14H,3-4,6H2,1-2H3,(H,12,13). The predicted molar refractivity (Wildman–Crippen MR) is 58.7 cm³/mol. The van der Waals surface area contributed by atoms with E-state index in [-0.39, 0.29) is 6.61 Å². The van der Waals surface area contributed by atoms with Crippen LogP contribution in [0, 0.1) is 6.92 Å². The van der Waals surface area contributed by atoms with E-state index in [2.05, 4.69) is 17.2 Å². The third-order valence-corrected chi connectivity index (χ3v) is 2.27. The molecule has 1 heterocycles. The lowest BCUT2D eigenvalue weighted by Crippen LogP contribution is -2.05. The van der Waals surface area contributed by atoms with Crippen molar-refractivity contribution in [3.63, 3.8) is 0 Å². The van der Waals surface area contributed by atoms with Crippen LogP contribution in [0.1, 0.15) is 24.6 Å². The van der Waals surface area contributed by atoms with Crippen LogP contribution in [0.2, 0.25) is 5.02 Å². The van der Waals surface area contributed by atoms with E-state index in [0.717, 1.165) is 24.2 Å². The van der Waals surface area contributed by atoms with Crippen LogP contribution in [0.3, 0.4) is 0 Å². The number of pyridine rings is 1. The number of rotatable bonds is 4. The summed E-state index contributed by atoms with van der Waals surface area (Å²) in [6.07, 6.45) is 1.03. The van der Waals surface area contributed by atoms with Crippen molar-refractivity contribution in [1.82, 2.24) is 4.98 Å². The summed E-state index contributed by atoms with van der Waals surface area (Å²) in [7, 11) is 0. The fourth-order valence-electron chi connectivity index (χ4n) is 1.15. The summed E-state index contributed by atoms with van der Waals surface area (Å²) in [6, 6.07) is 1.75. The van der Waals surface area contributed by atoms with Crippen LogP contribution >= 0.6 is 11.6 Å². The zero-order valence-corrected chi connectivity index (χ0v) is 9.23. The number of halogens is 1. The number of nitrogens with one attached hydrogen (secondary N) is 1. The van der Waals surface area contributed by atoms with Crippen molar-refractivity contribution in [2.75, 3.05) is 11.9 Å². The van der Waals surface area contributed by atoms with Gasteiger partial charge in [-0.15, -0.1) is 0 Å². The monoisotopic (exact) mass is 214 g/mol. The van der Waals surface area contributed by atoms with Crippen molar-refractivity contribution in [2.24, 2.45) is 0 Å². The Balaban J connectivity index is 2.90. The zero-order chi connectivity index (χ0) is 10.6. The summed E-state index contributed by atoms with van der Waals surface area (Å²) < 4.78 is 0. The topological polar surface area (TPSA) is 45.2 Å². The van der Waals surface area contributed by atoms with Gasteiger partial charge in [-0.1, -0.05) is 18.5 Å². The lowest BCUT2D eigenvalue weighted by atomic mass is 10.2. The number of aliphatic hydroxyl groups excluding tert-OH is 1. The molecular formula is C10H15ClN2O. The number of nitrogens with zero attached hydrogens (tertiary/aromatic N) is 1. The molecule has 0 saturated heterocycles. The van der Waals surface area contributed by atoms with E-state index < -0.39 is 0 Å². The molecule has 0 bridgehead atoms. The quantitative estimate of drug-likeness (QED) is 0.809. The second-order valence-electron chi connectivity index (χ2n) is 3.15. The van der Waals surface area contributed by atoms with Gasteiger partial charge in [-0.25, -0.2) is 4.98 Å². The summed E-state index contributed by atoms with van der Waals surface area (Å²) in [5.74, 6) is 0.697. The fraction of sp³-hybridized carbons (Fsp3) is 0.500. The first-order chi connectivity index (χ1) is 6.69. The van der Waals surface area contributed by atoms with E-state index in [0.29, 0.717) is 10.8 Å². The SMILES string of the molecule is CCCNc1nc(C)c(CO)cc1Cl. The Labute approximate surface area is 89.1 Å². The number of anilines is 1. The lowest BCUT2D eigenvalue weighted by molar-refractivity contribution is 0.280. The predicted octanol–water partition coefficient (Wildman–Crippen LogP) is 2.36. The molecule has 0 fully saturated rings. The van der Waals surface area contributed by atoms with Crippen LogP contribution in [0.4, 0.5) is 5.82 Å². The van der Waals surface area contributed by atoms with Crippen molar-refractivity contribution < 1.29 is 5.11 Å². The van der Waals surface area contributed by atoms with Crippen molar-refractivity contribution in [3.05, 3.63) is 22.3 Å². The molecule has 1 aromatic heterocycles. The maximum atomic E-state index is 8.99. The minimum atomic E-state index is -0.0212. The molecule has 2 N–H and O–H groups in total. The highest BCUT2D eigenvalue weighted by molar-refractivity contribution is 6.33. The summed E-state index contributed by atoms with van der Waals surface area (Å²) >= 11 is 5.98. The van der Waals surface area contributed by atoms with Crippen LogP contribution in [0.25, 0.3) is 0 Å². The first-order valence-electron chi connectivity index (χ1n) is 4.69. The average Bonchev–Trinajstić information content (AvgIpc) is 2.18. The molecule has 0 atom stereocenters. The van der Waals surface area contributed by atoms with Gasteiger partial charge in [0.25, 0.3) is 0 Å². The van der Waals surface area contributed by atoms with Gasteiger partial charge < -0.3 is 10.4 Å². The zero-order valence-electron chi connectivity index (χ0n) is 8.47. The first-order valence-corrected chi connectivity index (χ1v) is 5.07. The van der Waals surface area contributed by atoms with Gasteiger partial charge >= 0.3 is 0 Å². The van der Waals surface area contributed by atoms with Gasteiger partial charge in [0.05, 0.1) is 11.6 Å². The van der Waals surface area contributed by atoms with E-state index >= 15 is 0 Å². The Bertz CT molecular complexity index is 315. The minimum absolute atomic E-state index is 0.0212. The second-order valence-corrected chi connectivity index (χ2v) is 3.56. The van der Waals surface area contributed by atoms with Crippen molar-refractivity contribution in [2.45, 2.75) is 26.9 Å². The molecule has 0 radical (unpaired) electrons. The highest BCUT2D eigenvalue weighted by Crippen LogP contribution is 2.22. The van der Waals surface area contributed by atoms with E-state index in [9.17, 15) is 0 Å². The number of hydrogen-bond donors (Lipinski definition) is 2. The Kier molecular flexibility index (Phi) is 4.17. The third-order valence-electron chi connectivity index (χ3n) is 1.98. The van der Waals surface area contributed by atoms with E-state index in [1.54, 1.807) is 6.07 Å². The van der Waals surface area contributed by atoms with E-state index in [1.807, 2.05) is 6.92 Å². The van der Waals surface area contributed by atoms with Crippen molar-refractivity contribution in [3.8, 4) is 0 Å². The molecule has 0 saturated carbocycles. The maximum Gasteiger partial charge on any atom is 0.145 e. The average molecular weight is 215 g/mol. The van der Waals surface area contributed by atoms with Crippen molar-refractivity contribution >= 4 is 17.4 Å². The minimum Gasteiger partial charge on any atom is -0.392 e. The van der Waals surface area contributed by atoms with E-state index in [4.69, 9.17) is 16.7 Å². The van der Waals surface area contributed by atoms with Gasteiger partial charge in [0, 0.05) is 17.8 Å². The molecule has 78 valence electrons. The lowest BCUT2D eigenvalue weighted by Gasteiger charge is -2.09. The van der Waals surface area contributed by atoms with Crippen LogP contribution in [0.15, 0.2) is 6.07 Å². The van der Waals surface area contributed by atoms with E-state index in [1.165, 1.54) is 0 Å². The molecule has 1 aromatic rings. The molecule has 0 unspecified atom stereocenters. The largest absolute Gasteiger partial charge is 0.392 e. The number of aromatic nitrogens is 1. The van der Waals surface area contributed by atoms with Gasteiger partial charge in [0.15, 0.2) is 0 Å². The van der Waals surface area contributed by atoms with Gasteiger partial charge in [0.1, 0.15) is 5.82 Å². The van der Waals surface area contributed by atoms with Crippen LogP contribution in [0.5, 0.6) is 0 Å². The molecule has 0 spiro atoms. The smallest absolute Gasteiger partial charge is 0.145 e. The van der Waals surface area contributed by atoms with Gasteiger partial charge in [-0.3, -0.25) is 0 Å². The Morgan fingerprint density at radius 1 is 1.57 bits per heavy atom. The number of aliphatic hydroxyl groups is 1. The molecule has 14 heavy (non-hydrogen) atoms. The summed E-state index contributed by atoms with van der Waals surface area (Å²) in [5, 5.41) is 12.7. The summed E-state index contributed by atoms with van der Waals surface area (Å²) in [4.78, 5) is 4.28. The van der Waals surface area contributed by atoms with Crippen LogP contribution in [-0.4, -0.2) is 16.6 Å². The molecule has 0 aliphatic rings. The molecule has 0 aliphatic heterocycles. The summed E-state index contributed by atoms with van der Waals surface area (Å²) in [5.41, 5.74) is 1.59. The number of aryl methyl sites for hydroxylation is 1. The first kappa shape index (κ1) is 11.3. The maximum absolute atomic E-state index is 8.99.